The molecule has 0 unspecified atom stereocenters. The van der Waals surface area contributed by atoms with E-state index in [2.05, 4.69) is 11.1 Å². The number of rotatable bonds is 2. The number of para-hydroxylation sites is 1. The number of aromatic nitrogens is 1. The van der Waals surface area contributed by atoms with Crippen molar-refractivity contribution >= 4 is 49.0 Å². The van der Waals surface area contributed by atoms with Gasteiger partial charge in [-0.1, -0.05) is 72.8 Å². The maximum Gasteiger partial charge on any atom is 0.285 e. The molecule has 30 heavy (non-hydrogen) atoms. The summed E-state index contributed by atoms with van der Waals surface area (Å²) < 4.78 is 0. The zero-order valence-corrected chi connectivity index (χ0v) is 15.9. The number of nitro benzene ring substituents is 1. The molecule has 0 amide bonds. The molecule has 0 fully saturated rings. The van der Waals surface area contributed by atoms with Crippen LogP contribution in [0.3, 0.4) is 0 Å². The van der Waals surface area contributed by atoms with E-state index in [1.165, 1.54) is 0 Å². The van der Waals surface area contributed by atoms with Gasteiger partial charge in [0.1, 0.15) is 0 Å². The molecule has 6 aromatic rings. The second kappa shape index (κ2) is 6.16. The van der Waals surface area contributed by atoms with Crippen LogP contribution in [0.15, 0.2) is 91.0 Å². The summed E-state index contributed by atoms with van der Waals surface area (Å²) in [6.45, 7) is 0. The van der Waals surface area contributed by atoms with Gasteiger partial charge in [0.2, 0.25) is 0 Å². The Hall–Kier alpha value is -4.18. The summed E-state index contributed by atoms with van der Waals surface area (Å²) in [5.74, 6) is 0. The smallest absolute Gasteiger partial charge is 0.285 e. The maximum absolute atomic E-state index is 12.4. The summed E-state index contributed by atoms with van der Waals surface area (Å²) in [6.07, 6.45) is 0. The highest BCUT2D eigenvalue weighted by Gasteiger charge is 2.25. The first-order valence-corrected chi connectivity index (χ1v) is 9.81. The second-order valence-electron chi connectivity index (χ2n) is 7.47. The van der Waals surface area contributed by atoms with Gasteiger partial charge in [0.15, 0.2) is 0 Å². The van der Waals surface area contributed by atoms with Gasteiger partial charge in [0, 0.05) is 21.8 Å². The number of fused-ring (bicyclic) bond motifs is 6. The Bertz CT molecular complexity index is 1630. The summed E-state index contributed by atoms with van der Waals surface area (Å²) in [4.78, 5) is 15.6. The lowest BCUT2D eigenvalue weighted by atomic mass is 9.89. The fourth-order valence-corrected chi connectivity index (χ4v) is 4.70. The van der Waals surface area contributed by atoms with E-state index in [1.807, 2.05) is 84.9 Å². The first-order chi connectivity index (χ1) is 14.7. The Labute approximate surface area is 171 Å². The molecule has 1 heterocycles. The topological polar surface area (TPSA) is 58.9 Å². The fourth-order valence-electron chi connectivity index (χ4n) is 4.70. The van der Waals surface area contributed by atoms with Crippen LogP contribution in [-0.2, 0) is 0 Å². The number of hydrogen-bond donors (Lipinski definition) is 1. The van der Waals surface area contributed by atoms with Crippen molar-refractivity contribution in [1.82, 2.24) is 4.98 Å². The van der Waals surface area contributed by atoms with Gasteiger partial charge in [-0.15, -0.1) is 0 Å². The molecule has 4 heteroatoms. The minimum atomic E-state index is -0.238. The van der Waals surface area contributed by atoms with Crippen molar-refractivity contribution in [3.63, 3.8) is 0 Å². The molecule has 5 aromatic carbocycles. The summed E-state index contributed by atoms with van der Waals surface area (Å²) in [6, 6.07) is 29.6. The van der Waals surface area contributed by atoms with Crippen molar-refractivity contribution in [2.75, 3.05) is 0 Å². The molecule has 0 bridgehead atoms. The Kier molecular flexibility index (Phi) is 3.44. The van der Waals surface area contributed by atoms with Crippen molar-refractivity contribution in [1.29, 1.82) is 0 Å². The molecule has 0 spiro atoms. The number of hydrogen-bond acceptors (Lipinski definition) is 2. The van der Waals surface area contributed by atoms with Crippen LogP contribution in [0.4, 0.5) is 5.69 Å². The lowest BCUT2D eigenvalue weighted by Gasteiger charge is -2.13. The van der Waals surface area contributed by atoms with E-state index in [0.29, 0.717) is 10.9 Å². The standard InChI is InChI=1S/C26H16N2O2/c29-28(30)26-19-11-4-2-9-17(19)16-8-1-3-10-18(16)25(26)21-13-7-15-23-24(21)20-12-5-6-14-22(20)27-23/h1-15,27H. The third-order valence-corrected chi connectivity index (χ3v) is 5.89. The Balaban J connectivity index is 1.91. The average molecular weight is 388 g/mol. The van der Waals surface area contributed by atoms with Gasteiger partial charge in [-0.25, -0.2) is 0 Å². The van der Waals surface area contributed by atoms with E-state index in [1.54, 1.807) is 0 Å². The van der Waals surface area contributed by atoms with Gasteiger partial charge in [-0.3, -0.25) is 10.1 Å². The van der Waals surface area contributed by atoms with Crippen LogP contribution in [0.2, 0.25) is 0 Å². The highest BCUT2D eigenvalue weighted by atomic mass is 16.6. The molecule has 0 saturated heterocycles. The van der Waals surface area contributed by atoms with Crippen LogP contribution in [0.25, 0.3) is 54.5 Å². The number of nitrogens with zero attached hydrogens (tertiary/aromatic N) is 1. The number of nitro groups is 1. The van der Waals surface area contributed by atoms with Crippen LogP contribution in [0.1, 0.15) is 0 Å². The average Bonchev–Trinajstić information content (AvgIpc) is 3.17. The van der Waals surface area contributed by atoms with Crippen molar-refractivity contribution in [3.8, 4) is 11.1 Å². The highest BCUT2D eigenvalue weighted by molar-refractivity contribution is 6.24. The molecule has 0 saturated carbocycles. The Morgan fingerprint density at radius 1 is 0.600 bits per heavy atom. The molecule has 0 atom stereocenters. The molecule has 1 aromatic heterocycles. The highest BCUT2D eigenvalue weighted by Crippen LogP contribution is 2.46. The van der Waals surface area contributed by atoms with Gasteiger partial charge < -0.3 is 4.98 Å². The Morgan fingerprint density at radius 3 is 1.90 bits per heavy atom. The summed E-state index contributed by atoms with van der Waals surface area (Å²) in [5.41, 5.74) is 3.69. The number of benzene rings is 5. The maximum atomic E-state index is 12.4. The molecule has 0 aliphatic heterocycles. The molecular weight excluding hydrogens is 372 g/mol. The lowest BCUT2D eigenvalue weighted by molar-refractivity contribution is -0.382. The van der Waals surface area contributed by atoms with Gasteiger partial charge in [0.05, 0.1) is 15.9 Å². The zero-order chi connectivity index (χ0) is 20.2. The van der Waals surface area contributed by atoms with Crippen molar-refractivity contribution in [3.05, 3.63) is 101 Å². The SMILES string of the molecule is O=[N+]([O-])c1c(-c2cccc3[nH]c4ccccc4c23)c2ccccc2c2ccccc12. The van der Waals surface area contributed by atoms with Crippen molar-refractivity contribution in [2.45, 2.75) is 0 Å². The van der Waals surface area contributed by atoms with E-state index in [4.69, 9.17) is 0 Å². The molecule has 142 valence electrons. The van der Waals surface area contributed by atoms with Gasteiger partial charge in [-0.05, 0) is 39.9 Å². The van der Waals surface area contributed by atoms with Gasteiger partial charge in [0.25, 0.3) is 5.69 Å². The summed E-state index contributed by atoms with van der Waals surface area (Å²) >= 11 is 0. The number of nitrogens with one attached hydrogen (secondary N) is 1. The van der Waals surface area contributed by atoms with Crippen LogP contribution >= 0.6 is 0 Å². The van der Waals surface area contributed by atoms with E-state index in [0.717, 1.165) is 43.5 Å². The third kappa shape index (κ3) is 2.22. The fraction of sp³-hybridized carbons (Fsp3) is 0. The van der Waals surface area contributed by atoms with Crippen LogP contribution in [0, 0.1) is 10.1 Å². The first kappa shape index (κ1) is 16.7. The largest absolute Gasteiger partial charge is 0.354 e. The monoisotopic (exact) mass is 388 g/mol. The predicted octanol–water partition coefficient (Wildman–Crippen LogP) is 7.20. The molecule has 1 N–H and O–H groups in total. The van der Waals surface area contributed by atoms with E-state index < -0.39 is 0 Å². The van der Waals surface area contributed by atoms with Crippen LogP contribution < -0.4 is 0 Å². The van der Waals surface area contributed by atoms with Crippen LogP contribution in [0.5, 0.6) is 0 Å². The molecule has 0 aliphatic carbocycles. The lowest BCUT2D eigenvalue weighted by Crippen LogP contribution is -1.96. The Morgan fingerprint density at radius 2 is 1.17 bits per heavy atom. The second-order valence-corrected chi connectivity index (χ2v) is 7.47. The number of H-pyrrole nitrogens is 1. The zero-order valence-electron chi connectivity index (χ0n) is 15.9. The van der Waals surface area contributed by atoms with Crippen molar-refractivity contribution < 1.29 is 4.92 Å². The first-order valence-electron chi connectivity index (χ1n) is 9.81. The quantitative estimate of drug-likeness (QED) is 0.194. The number of aromatic amines is 1. The van der Waals surface area contributed by atoms with Crippen LogP contribution in [-0.4, -0.2) is 9.91 Å². The van der Waals surface area contributed by atoms with E-state index in [9.17, 15) is 10.1 Å². The molecule has 0 radical (unpaired) electrons. The van der Waals surface area contributed by atoms with Gasteiger partial charge in [-0.2, -0.15) is 0 Å². The molecular formula is C26H16N2O2. The molecule has 4 nitrogen and oxygen atoms in total. The summed E-state index contributed by atoms with van der Waals surface area (Å²) in [5, 5.41) is 17.9. The minimum Gasteiger partial charge on any atom is -0.354 e. The molecule has 6 rings (SSSR count). The van der Waals surface area contributed by atoms with Gasteiger partial charge >= 0.3 is 0 Å². The summed E-state index contributed by atoms with van der Waals surface area (Å²) in [7, 11) is 0. The molecule has 0 aliphatic rings. The van der Waals surface area contributed by atoms with Crippen molar-refractivity contribution in [2.24, 2.45) is 0 Å². The van der Waals surface area contributed by atoms with E-state index in [-0.39, 0.29) is 10.6 Å². The predicted molar refractivity (Wildman–Crippen MR) is 123 cm³/mol. The minimum absolute atomic E-state index is 0.155. The normalized spacial score (nSPS) is 11.6. The third-order valence-electron chi connectivity index (χ3n) is 5.89. The van der Waals surface area contributed by atoms with E-state index >= 15 is 0 Å².